The molecule has 0 saturated carbocycles. The first-order chi connectivity index (χ1) is 9.58. The number of methoxy groups -OCH3 is 2. The lowest BCUT2D eigenvalue weighted by Gasteiger charge is -2.15. The van der Waals surface area contributed by atoms with E-state index in [1.807, 2.05) is 25.1 Å². The van der Waals surface area contributed by atoms with Gasteiger partial charge >= 0.3 is 0 Å². The van der Waals surface area contributed by atoms with Crippen LogP contribution in [-0.2, 0) is 20.9 Å². The van der Waals surface area contributed by atoms with Crippen LogP contribution < -0.4 is 10.6 Å². The number of amides is 1. The molecule has 0 aliphatic heterocycles. The van der Waals surface area contributed by atoms with Crippen LogP contribution in [0.1, 0.15) is 12.5 Å². The Hall–Kier alpha value is -1.11. The first-order valence-corrected chi connectivity index (χ1v) is 7.16. The molecule has 0 aromatic heterocycles. The summed E-state index contributed by atoms with van der Waals surface area (Å²) in [6.07, 6.45) is 0. The van der Waals surface area contributed by atoms with E-state index in [0.29, 0.717) is 13.2 Å². The molecule has 1 aromatic carbocycles. The summed E-state index contributed by atoms with van der Waals surface area (Å²) < 4.78 is 11.1. The Morgan fingerprint density at radius 3 is 2.75 bits per heavy atom. The second kappa shape index (κ2) is 8.94. The molecule has 0 heterocycles. The Morgan fingerprint density at radius 2 is 2.10 bits per heavy atom. The zero-order valence-electron chi connectivity index (χ0n) is 12.0. The van der Waals surface area contributed by atoms with Crippen molar-refractivity contribution in [1.29, 1.82) is 0 Å². The Kier molecular flexibility index (Phi) is 7.58. The third-order valence-corrected chi connectivity index (χ3v) is 3.41. The Balaban J connectivity index is 2.57. The van der Waals surface area contributed by atoms with E-state index < -0.39 is 0 Å². The van der Waals surface area contributed by atoms with Crippen LogP contribution >= 0.6 is 15.9 Å². The van der Waals surface area contributed by atoms with Gasteiger partial charge in [-0.3, -0.25) is 4.79 Å². The van der Waals surface area contributed by atoms with Crippen molar-refractivity contribution in [2.24, 2.45) is 0 Å². The van der Waals surface area contributed by atoms with E-state index in [1.165, 1.54) is 0 Å². The van der Waals surface area contributed by atoms with Crippen LogP contribution in [0.4, 0.5) is 5.69 Å². The molecule has 6 heteroatoms. The minimum Gasteiger partial charge on any atom is -0.383 e. The number of hydrogen-bond acceptors (Lipinski definition) is 4. The van der Waals surface area contributed by atoms with Crippen molar-refractivity contribution in [3.63, 3.8) is 0 Å². The van der Waals surface area contributed by atoms with Crippen molar-refractivity contribution in [2.45, 2.75) is 19.6 Å². The Labute approximate surface area is 128 Å². The topological polar surface area (TPSA) is 59.6 Å². The van der Waals surface area contributed by atoms with Crippen LogP contribution in [0.3, 0.4) is 0 Å². The van der Waals surface area contributed by atoms with Crippen LogP contribution in [0.25, 0.3) is 0 Å². The van der Waals surface area contributed by atoms with Crippen LogP contribution in [0, 0.1) is 0 Å². The average molecular weight is 345 g/mol. The van der Waals surface area contributed by atoms with E-state index in [4.69, 9.17) is 9.47 Å². The molecule has 0 saturated heterocycles. The van der Waals surface area contributed by atoms with Crippen LogP contribution in [0.15, 0.2) is 22.7 Å². The van der Waals surface area contributed by atoms with Gasteiger partial charge in [-0.25, -0.2) is 0 Å². The molecule has 0 radical (unpaired) electrons. The second-order valence-electron chi connectivity index (χ2n) is 4.48. The monoisotopic (exact) mass is 344 g/mol. The fourth-order valence-electron chi connectivity index (χ4n) is 1.81. The zero-order chi connectivity index (χ0) is 15.0. The maximum Gasteiger partial charge on any atom is 0.239 e. The second-order valence-corrected chi connectivity index (χ2v) is 5.33. The minimum absolute atomic E-state index is 0.00439. The number of carbonyl (C=O) groups is 1. The largest absolute Gasteiger partial charge is 0.383 e. The lowest BCUT2D eigenvalue weighted by Crippen LogP contribution is -2.39. The Morgan fingerprint density at radius 1 is 1.35 bits per heavy atom. The summed E-state index contributed by atoms with van der Waals surface area (Å²) in [6.45, 7) is 3.08. The molecule has 0 aliphatic carbocycles. The molecular formula is C14H21BrN2O3. The SMILES string of the molecule is COCc1c(Br)cccc1NCC(=O)NC(C)COC. The van der Waals surface area contributed by atoms with Gasteiger partial charge in [-0.2, -0.15) is 0 Å². The normalized spacial score (nSPS) is 12.0. The summed E-state index contributed by atoms with van der Waals surface area (Å²) in [4.78, 5) is 11.8. The fourth-order valence-corrected chi connectivity index (χ4v) is 2.29. The highest BCUT2D eigenvalue weighted by Gasteiger charge is 2.10. The van der Waals surface area contributed by atoms with Crippen molar-refractivity contribution in [1.82, 2.24) is 5.32 Å². The molecule has 20 heavy (non-hydrogen) atoms. The molecule has 1 aromatic rings. The highest BCUT2D eigenvalue weighted by atomic mass is 79.9. The molecule has 5 nitrogen and oxygen atoms in total. The van der Waals surface area contributed by atoms with E-state index in [0.717, 1.165) is 15.7 Å². The highest BCUT2D eigenvalue weighted by molar-refractivity contribution is 9.10. The van der Waals surface area contributed by atoms with E-state index in [9.17, 15) is 4.79 Å². The predicted octanol–water partition coefficient (Wildman–Crippen LogP) is 2.16. The Bertz CT molecular complexity index is 440. The molecule has 1 unspecified atom stereocenters. The number of anilines is 1. The van der Waals surface area contributed by atoms with Gasteiger partial charge in [0.1, 0.15) is 0 Å². The number of benzene rings is 1. The summed E-state index contributed by atoms with van der Waals surface area (Å²) in [5.74, 6) is -0.0714. The molecular weight excluding hydrogens is 324 g/mol. The van der Waals surface area contributed by atoms with E-state index in [1.54, 1.807) is 14.2 Å². The van der Waals surface area contributed by atoms with Gasteiger partial charge in [0.25, 0.3) is 0 Å². The zero-order valence-corrected chi connectivity index (χ0v) is 13.6. The van der Waals surface area contributed by atoms with Crippen molar-refractivity contribution in [3.8, 4) is 0 Å². The maximum atomic E-state index is 11.8. The van der Waals surface area contributed by atoms with E-state index >= 15 is 0 Å². The van der Waals surface area contributed by atoms with Crippen molar-refractivity contribution in [2.75, 3.05) is 32.7 Å². The van der Waals surface area contributed by atoms with Gasteiger partial charge < -0.3 is 20.1 Å². The van der Waals surface area contributed by atoms with Crippen LogP contribution in [0.5, 0.6) is 0 Å². The van der Waals surface area contributed by atoms with Crippen molar-refractivity contribution < 1.29 is 14.3 Å². The molecule has 0 fully saturated rings. The molecule has 0 aliphatic rings. The molecule has 112 valence electrons. The summed E-state index contributed by atoms with van der Waals surface area (Å²) >= 11 is 3.48. The minimum atomic E-state index is -0.0714. The van der Waals surface area contributed by atoms with Gasteiger partial charge in [0, 0.05) is 36.0 Å². The number of carbonyl (C=O) groups excluding carboxylic acids is 1. The summed E-state index contributed by atoms with van der Waals surface area (Å²) in [5, 5.41) is 5.97. The van der Waals surface area contributed by atoms with Crippen LogP contribution in [-0.4, -0.2) is 39.3 Å². The quantitative estimate of drug-likeness (QED) is 0.758. The smallest absolute Gasteiger partial charge is 0.239 e. The summed E-state index contributed by atoms with van der Waals surface area (Å²) in [5.41, 5.74) is 1.88. The predicted molar refractivity (Wildman–Crippen MR) is 82.8 cm³/mol. The van der Waals surface area contributed by atoms with E-state index in [-0.39, 0.29) is 18.5 Å². The van der Waals surface area contributed by atoms with Gasteiger partial charge in [0.05, 0.1) is 19.8 Å². The molecule has 0 spiro atoms. The van der Waals surface area contributed by atoms with Crippen LogP contribution in [0.2, 0.25) is 0 Å². The average Bonchev–Trinajstić information content (AvgIpc) is 2.40. The summed E-state index contributed by atoms with van der Waals surface area (Å²) in [6, 6.07) is 5.78. The number of ether oxygens (including phenoxy) is 2. The third kappa shape index (κ3) is 5.48. The first kappa shape index (κ1) is 16.9. The van der Waals surface area contributed by atoms with Crippen molar-refractivity contribution >= 4 is 27.5 Å². The fraction of sp³-hybridized carbons (Fsp3) is 0.500. The number of halogens is 1. The number of nitrogens with one attached hydrogen (secondary N) is 2. The standard InChI is InChI=1S/C14H21BrN2O3/c1-10(8-19-2)17-14(18)7-16-13-6-4-5-12(15)11(13)9-20-3/h4-6,10,16H,7-9H2,1-3H3,(H,17,18). The highest BCUT2D eigenvalue weighted by Crippen LogP contribution is 2.25. The van der Waals surface area contributed by atoms with Gasteiger partial charge in [0.2, 0.25) is 5.91 Å². The lowest BCUT2D eigenvalue weighted by atomic mass is 10.2. The molecule has 1 rings (SSSR count). The first-order valence-electron chi connectivity index (χ1n) is 6.37. The lowest BCUT2D eigenvalue weighted by molar-refractivity contribution is -0.120. The maximum absolute atomic E-state index is 11.8. The van der Waals surface area contributed by atoms with Gasteiger partial charge in [-0.05, 0) is 19.1 Å². The molecule has 1 amide bonds. The van der Waals surface area contributed by atoms with Gasteiger partial charge in [-0.15, -0.1) is 0 Å². The van der Waals surface area contributed by atoms with Crippen molar-refractivity contribution in [3.05, 3.63) is 28.2 Å². The molecule has 2 N–H and O–H groups in total. The molecule has 1 atom stereocenters. The van der Waals surface area contributed by atoms with E-state index in [2.05, 4.69) is 26.6 Å². The number of hydrogen-bond donors (Lipinski definition) is 2. The van der Waals surface area contributed by atoms with Gasteiger partial charge in [0.15, 0.2) is 0 Å². The third-order valence-electron chi connectivity index (χ3n) is 2.67. The summed E-state index contributed by atoms with van der Waals surface area (Å²) in [7, 11) is 3.25. The van der Waals surface area contributed by atoms with Gasteiger partial charge in [-0.1, -0.05) is 22.0 Å². The molecule has 0 bridgehead atoms. The number of rotatable bonds is 8.